The van der Waals surface area contributed by atoms with Crippen molar-refractivity contribution in [2.24, 2.45) is 0 Å². The lowest BCUT2D eigenvalue weighted by Crippen LogP contribution is -2.52. The summed E-state index contributed by atoms with van der Waals surface area (Å²) in [5.74, 6) is -1.26. The van der Waals surface area contributed by atoms with Gasteiger partial charge in [-0.2, -0.15) is 0 Å². The summed E-state index contributed by atoms with van der Waals surface area (Å²) in [6, 6.07) is 15.4. The zero-order chi connectivity index (χ0) is 22.7. The first-order chi connectivity index (χ1) is 15.5. The van der Waals surface area contributed by atoms with Crippen molar-refractivity contribution in [2.45, 2.75) is 43.7 Å². The van der Waals surface area contributed by atoms with Crippen molar-refractivity contribution >= 4 is 29.7 Å². The number of imide groups is 1. The number of hydrogen-bond donors (Lipinski definition) is 1. The average Bonchev–Trinajstić information content (AvgIpc) is 3.16. The molecule has 2 aromatic carbocycles. The first-order valence-corrected chi connectivity index (χ1v) is 11.1. The molecule has 2 heterocycles. The number of carbonyl (C=O) groups excluding carboxylic acids is 2. The standard InChI is InChI=1S/C24H25ClN2O5/c25-18-11-9-17(10-12-18)21(20-8-4-5-13-26(20)23(29)30)22(28)27-19(15-32-24(27)31)14-16-6-2-1-3-7-16/h1-3,6-7,9-12,19-21H,4-5,8,13-15H2,(H,29,30)/t19-,20?,21+/m1/s1. The fraction of sp³-hybridized carbons (Fsp3) is 0.375. The molecule has 1 unspecified atom stereocenters. The first-order valence-electron chi connectivity index (χ1n) is 10.7. The Morgan fingerprint density at radius 3 is 2.50 bits per heavy atom. The van der Waals surface area contributed by atoms with E-state index in [0.29, 0.717) is 30.0 Å². The molecule has 0 aliphatic carbocycles. The summed E-state index contributed by atoms with van der Waals surface area (Å²) in [7, 11) is 0. The maximum absolute atomic E-state index is 13.9. The molecule has 2 aromatic rings. The average molecular weight is 457 g/mol. The van der Waals surface area contributed by atoms with E-state index in [4.69, 9.17) is 16.3 Å². The van der Waals surface area contributed by atoms with Gasteiger partial charge in [0.15, 0.2) is 0 Å². The SMILES string of the molecule is O=C(O)N1CCCCC1[C@@H](C(=O)N1C(=O)OC[C@H]1Cc1ccccc1)c1ccc(Cl)cc1. The number of ether oxygens (including phenoxy) is 1. The van der Waals surface area contributed by atoms with Crippen molar-refractivity contribution in [1.29, 1.82) is 0 Å². The van der Waals surface area contributed by atoms with Crippen LogP contribution in [0.2, 0.25) is 5.02 Å². The maximum atomic E-state index is 13.9. The maximum Gasteiger partial charge on any atom is 0.417 e. The second kappa shape index (κ2) is 9.61. The molecule has 2 aliphatic rings. The highest BCUT2D eigenvalue weighted by Gasteiger charge is 2.46. The number of piperidine rings is 1. The molecule has 168 valence electrons. The monoisotopic (exact) mass is 456 g/mol. The van der Waals surface area contributed by atoms with Gasteiger partial charge in [-0.3, -0.25) is 4.79 Å². The van der Waals surface area contributed by atoms with Crippen LogP contribution in [0.25, 0.3) is 0 Å². The van der Waals surface area contributed by atoms with Crippen LogP contribution in [0.15, 0.2) is 54.6 Å². The molecule has 0 radical (unpaired) electrons. The highest BCUT2D eigenvalue weighted by Crippen LogP contribution is 2.35. The summed E-state index contributed by atoms with van der Waals surface area (Å²) in [5.41, 5.74) is 1.62. The highest BCUT2D eigenvalue weighted by molar-refractivity contribution is 6.30. The van der Waals surface area contributed by atoms with E-state index >= 15 is 0 Å². The molecule has 2 saturated heterocycles. The van der Waals surface area contributed by atoms with Gasteiger partial charge >= 0.3 is 12.2 Å². The van der Waals surface area contributed by atoms with Crippen LogP contribution in [-0.4, -0.2) is 58.2 Å². The number of nitrogens with zero attached hydrogens (tertiary/aromatic N) is 2. The fourth-order valence-corrected chi connectivity index (χ4v) is 4.78. The van der Waals surface area contributed by atoms with E-state index in [0.717, 1.165) is 18.4 Å². The van der Waals surface area contributed by atoms with E-state index in [2.05, 4.69) is 0 Å². The van der Waals surface area contributed by atoms with E-state index in [1.807, 2.05) is 30.3 Å². The number of carboxylic acid groups (broad SMARTS) is 1. The summed E-state index contributed by atoms with van der Waals surface area (Å²) in [5, 5.41) is 10.3. The fourth-order valence-electron chi connectivity index (χ4n) is 4.66. The number of carbonyl (C=O) groups is 3. The predicted molar refractivity (Wildman–Crippen MR) is 119 cm³/mol. The Balaban J connectivity index is 1.69. The van der Waals surface area contributed by atoms with Crippen LogP contribution in [0, 0.1) is 0 Å². The van der Waals surface area contributed by atoms with Crippen molar-refractivity contribution in [2.75, 3.05) is 13.2 Å². The van der Waals surface area contributed by atoms with Crippen LogP contribution in [0.5, 0.6) is 0 Å². The van der Waals surface area contributed by atoms with Crippen LogP contribution >= 0.6 is 11.6 Å². The van der Waals surface area contributed by atoms with Crippen LogP contribution in [0.3, 0.4) is 0 Å². The minimum Gasteiger partial charge on any atom is -0.465 e. The molecule has 3 atom stereocenters. The Bertz CT molecular complexity index is 982. The van der Waals surface area contributed by atoms with E-state index in [1.54, 1.807) is 24.3 Å². The molecule has 8 heteroatoms. The molecule has 0 aromatic heterocycles. The molecule has 7 nitrogen and oxygen atoms in total. The second-order valence-electron chi connectivity index (χ2n) is 8.20. The van der Waals surface area contributed by atoms with Gasteiger partial charge in [-0.1, -0.05) is 54.1 Å². The molecule has 1 N–H and O–H groups in total. The minimum atomic E-state index is -1.06. The number of hydrogen-bond acceptors (Lipinski definition) is 4. The van der Waals surface area contributed by atoms with Crippen molar-refractivity contribution in [3.63, 3.8) is 0 Å². The van der Waals surface area contributed by atoms with Crippen molar-refractivity contribution in [1.82, 2.24) is 9.80 Å². The lowest BCUT2D eigenvalue weighted by atomic mass is 9.84. The Morgan fingerprint density at radius 2 is 1.81 bits per heavy atom. The zero-order valence-electron chi connectivity index (χ0n) is 17.5. The quantitative estimate of drug-likeness (QED) is 0.713. The van der Waals surface area contributed by atoms with Gasteiger partial charge < -0.3 is 14.7 Å². The molecular formula is C24H25ClN2O5. The third kappa shape index (κ3) is 4.58. The first kappa shape index (κ1) is 22.1. The van der Waals surface area contributed by atoms with Gasteiger partial charge in [-0.15, -0.1) is 0 Å². The molecule has 0 saturated carbocycles. The minimum absolute atomic E-state index is 0.111. The van der Waals surface area contributed by atoms with Crippen LogP contribution in [0.1, 0.15) is 36.3 Å². The molecule has 0 spiro atoms. The summed E-state index contributed by atoms with van der Waals surface area (Å²) in [6.45, 7) is 0.468. The molecule has 4 rings (SSSR count). The Labute approximate surface area is 191 Å². The van der Waals surface area contributed by atoms with Gasteiger partial charge in [-0.25, -0.2) is 14.5 Å². The van der Waals surface area contributed by atoms with E-state index in [1.165, 1.54) is 9.80 Å². The number of cyclic esters (lactones) is 1. The van der Waals surface area contributed by atoms with Gasteiger partial charge in [0.05, 0.1) is 18.0 Å². The van der Waals surface area contributed by atoms with Crippen LogP contribution in [-0.2, 0) is 16.0 Å². The Morgan fingerprint density at radius 1 is 1.09 bits per heavy atom. The largest absolute Gasteiger partial charge is 0.465 e. The Kier molecular flexibility index (Phi) is 6.65. The molecular weight excluding hydrogens is 432 g/mol. The van der Waals surface area contributed by atoms with E-state index < -0.39 is 36.1 Å². The van der Waals surface area contributed by atoms with Gasteiger partial charge in [0.25, 0.3) is 0 Å². The van der Waals surface area contributed by atoms with Gasteiger partial charge in [0.2, 0.25) is 5.91 Å². The smallest absolute Gasteiger partial charge is 0.417 e. The lowest BCUT2D eigenvalue weighted by Gasteiger charge is -2.39. The summed E-state index contributed by atoms with van der Waals surface area (Å²) < 4.78 is 5.25. The molecule has 0 bridgehead atoms. The summed E-state index contributed by atoms with van der Waals surface area (Å²) in [4.78, 5) is 41.0. The molecule has 2 fully saturated rings. The normalized spacial score (nSPS) is 21.8. The molecule has 2 aliphatic heterocycles. The molecule has 3 amide bonds. The number of benzene rings is 2. The topological polar surface area (TPSA) is 87.2 Å². The predicted octanol–water partition coefficient (Wildman–Crippen LogP) is 4.55. The number of likely N-dealkylation sites (tertiary alicyclic amines) is 1. The number of amides is 3. The molecule has 32 heavy (non-hydrogen) atoms. The summed E-state index contributed by atoms with van der Waals surface area (Å²) in [6.07, 6.45) is 0.811. The van der Waals surface area contributed by atoms with Crippen molar-refractivity contribution in [3.05, 3.63) is 70.7 Å². The van der Waals surface area contributed by atoms with E-state index in [9.17, 15) is 19.5 Å². The number of rotatable bonds is 5. The van der Waals surface area contributed by atoms with Gasteiger partial charge in [-0.05, 0) is 48.9 Å². The third-order valence-corrected chi connectivity index (χ3v) is 6.44. The van der Waals surface area contributed by atoms with Crippen molar-refractivity contribution < 1.29 is 24.2 Å². The van der Waals surface area contributed by atoms with Crippen LogP contribution < -0.4 is 0 Å². The van der Waals surface area contributed by atoms with Crippen LogP contribution in [0.4, 0.5) is 9.59 Å². The van der Waals surface area contributed by atoms with E-state index in [-0.39, 0.29) is 6.61 Å². The van der Waals surface area contributed by atoms with Gasteiger partial charge in [0.1, 0.15) is 6.61 Å². The third-order valence-electron chi connectivity index (χ3n) is 6.19. The highest BCUT2D eigenvalue weighted by atomic mass is 35.5. The zero-order valence-corrected chi connectivity index (χ0v) is 18.3. The second-order valence-corrected chi connectivity index (χ2v) is 8.63. The Hall–Kier alpha value is -3.06. The van der Waals surface area contributed by atoms with Crippen molar-refractivity contribution in [3.8, 4) is 0 Å². The van der Waals surface area contributed by atoms with Gasteiger partial charge in [0, 0.05) is 11.6 Å². The number of halogens is 1. The summed E-state index contributed by atoms with van der Waals surface area (Å²) >= 11 is 6.05. The lowest BCUT2D eigenvalue weighted by molar-refractivity contribution is -0.132.